The van der Waals surface area contributed by atoms with Crippen molar-refractivity contribution in [2.24, 2.45) is 0 Å². The Bertz CT molecular complexity index is 386. The van der Waals surface area contributed by atoms with Gasteiger partial charge < -0.3 is 20.4 Å². The second kappa shape index (κ2) is 8.17. The van der Waals surface area contributed by atoms with Crippen LogP contribution in [-0.4, -0.2) is 87.0 Å². The summed E-state index contributed by atoms with van der Waals surface area (Å²) in [5.74, 6) is -5.34. The molecule has 0 radical (unpaired) electrons. The van der Waals surface area contributed by atoms with Gasteiger partial charge in [-0.3, -0.25) is 29.0 Å². The van der Waals surface area contributed by atoms with E-state index >= 15 is 0 Å². The molecule has 0 aliphatic heterocycles. The summed E-state index contributed by atoms with van der Waals surface area (Å²) in [6.07, 6.45) is -1.31. The molecule has 2 atom stereocenters. The number of nitrogens with zero attached hydrogens (tertiary/aromatic N) is 2. The van der Waals surface area contributed by atoms with Crippen LogP contribution in [0.5, 0.6) is 0 Å². The lowest BCUT2D eigenvalue weighted by Crippen LogP contribution is -2.50. The van der Waals surface area contributed by atoms with Crippen molar-refractivity contribution in [3.63, 3.8) is 0 Å². The number of carboxylic acid groups (broad SMARTS) is 4. The Morgan fingerprint density at radius 3 is 1.24 bits per heavy atom. The van der Waals surface area contributed by atoms with Crippen LogP contribution in [0.15, 0.2) is 0 Å². The maximum Gasteiger partial charge on any atom is 0.321 e. The van der Waals surface area contributed by atoms with E-state index < -0.39 is 48.8 Å². The summed E-state index contributed by atoms with van der Waals surface area (Å²) in [7, 11) is 2.63. The Morgan fingerprint density at radius 1 is 0.762 bits per heavy atom. The van der Waals surface area contributed by atoms with Crippen LogP contribution in [0.4, 0.5) is 0 Å². The van der Waals surface area contributed by atoms with Gasteiger partial charge in [-0.1, -0.05) is 0 Å². The highest BCUT2D eigenvalue weighted by atomic mass is 16.4. The van der Waals surface area contributed by atoms with Crippen molar-refractivity contribution < 1.29 is 39.6 Å². The standard InChI is InChI=1S/C11H18N2O8/c1-12(6(10(18)19)3-8(14)15)5-13(2)7(11(20)21)4-9(16)17/h6-7H,3-5H2,1-2H3,(H,14,15)(H,16,17)(H,18,19)(H,20,21). The molecule has 0 aromatic carbocycles. The number of aliphatic carboxylic acids is 4. The van der Waals surface area contributed by atoms with Crippen molar-refractivity contribution in [2.75, 3.05) is 20.8 Å². The molecular formula is C11H18N2O8. The van der Waals surface area contributed by atoms with Crippen molar-refractivity contribution in [1.29, 1.82) is 0 Å². The van der Waals surface area contributed by atoms with Crippen LogP contribution < -0.4 is 0 Å². The summed E-state index contributed by atoms with van der Waals surface area (Å²) in [4.78, 5) is 45.5. The molecule has 10 nitrogen and oxygen atoms in total. The second-order valence-corrected chi connectivity index (χ2v) is 4.56. The van der Waals surface area contributed by atoms with Crippen LogP contribution in [0.1, 0.15) is 12.8 Å². The van der Waals surface area contributed by atoms with E-state index in [9.17, 15) is 19.2 Å². The van der Waals surface area contributed by atoms with Crippen molar-refractivity contribution in [3.05, 3.63) is 0 Å². The van der Waals surface area contributed by atoms with Gasteiger partial charge in [0, 0.05) is 0 Å². The normalized spacial score (nSPS) is 13.9. The molecule has 0 aromatic heterocycles. The van der Waals surface area contributed by atoms with Crippen LogP contribution in [0.25, 0.3) is 0 Å². The maximum atomic E-state index is 11.0. The first-order chi connectivity index (χ1) is 9.56. The summed E-state index contributed by atoms with van der Waals surface area (Å²) in [5, 5.41) is 35.2. The number of rotatable bonds is 10. The number of likely N-dealkylation sites (N-methyl/N-ethyl adjacent to an activating group) is 2. The lowest BCUT2D eigenvalue weighted by atomic mass is 10.1. The van der Waals surface area contributed by atoms with E-state index in [1.807, 2.05) is 0 Å². The molecule has 120 valence electrons. The van der Waals surface area contributed by atoms with Crippen LogP contribution in [0, 0.1) is 0 Å². The number of carboxylic acids is 4. The van der Waals surface area contributed by atoms with E-state index in [1.54, 1.807) is 0 Å². The predicted octanol–water partition coefficient (Wildman–Crippen LogP) is -1.34. The molecule has 2 unspecified atom stereocenters. The molecular weight excluding hydrogens is 288 g/mol. The lowest BCUT2D eigenvalue weighted by molar-refractivity contribution is -0.153. The summed E-state index contributed by atoms with van der Waals surface area (Å²) >= 11 is 0. The highest BCUT2D eigenvalue weighted by Crippen LogP contribution is 2.08. The van der Waals surface area contributed by atoms with E-state index in [2.05, 4.69) is 0 Å². The summed E-state index contributed by atoms with van der Waals surface area (Å²) in [6.45, 7) is -0.214. The third kappa shape index (κ3) is 6.68. The molecule has 10 heteroatoms. The fourth-order valence-electron chi connectivity index (χ4n) is 1.74. The molecule has 0 aromatic rings. The average Bonchev–Trinajstić information content (AvgIpc) is 2.31. The molecule has 21 heavy (non-hydrogen) atoms. The van der Waals surface area contributed by atoms with E-state index in [0.29, 0.717) is 0 Å². The summed E-state index contributed by atoms with van der Waals surface area (Å²) in [5.41, 5.74) is 0. The Labute approximate surface area is 120 Å². The Balaban J connectivity index is 4.88. The number of hydrogen-bond acceptors (Lipinski definition) is 6. The molecule has 0 rings (SSSR count). The van der Waals surface area contributed by atoms with Crippen LogP contribution in [0.2, 0.25) is 0 Å². The van der Waals surface area contributed by atoms with Gasteiger partial charge in [-0.15, -0.1) is 0 Å². The van der Waals surface area contributed by atoms with Gasteiger partial charge in [0.25, 0.3) is 0 Å². The average molecular weight is 306 g/mol. The van der Waals surface area contributed by atoms with Crippen molar-refractivity contribution in [1.82, 2.24) is 9.80 Å². The predicted molar refractivity (Wildman–Crippen MR) is 67.7 cm³/mol. The highest BCUT2D eigenvalue weighted by Gasteiger charge is 2.30. The van der Waals surface area contributed by atoms with Gasteiger partial charge in [-0.25, -0.2) is 0 Å². The van der Waals surface area contributed by atoms with Crippen molar-refractivity contribution >= 4 is 23.9 Å². The maximum absolute atomic E-state index is 11.0. The Hall–Kier alpha value is -2.20. The second-order valence-electron chi connectivity index (χ2n) is 4.56. The van der Waals surface area contributed by atoms with Crippen LogP contribution in [-0.2, 0) is 19.2 Å². The van der Waals surface area contributed by atoms with Gasteiger partial charge in [-0.05, 0) is 14.1 Å². The van der Waals surface area contributed by atoms with Gasteiger partial charge in [0.2, 0.25) is 0 Å². The Kier molecular flexibility index (Phi) is 7.31. The minimum atomic E-state index is -1.36. The molecule has 0 heterocycles. The summed E-state index contributed by atoms with van der Waals surface area (Å²) < 4.78 is 0. The van der Waals surface area contributed by atoms with Crippen LogP contribution in [0.3, 0.4) is 0 Å². The van der Waals surface area contributed by atoms with Crippen LogP contribution >= 0.6 is 0 Å². The highest BCUT2D eigenvalue weighted by molar-refractivity contribution is 5.81. The van der Waals surface area contributed by atoms with E-state index in [4.69, 9.17) is 20.4 Å². The van der Waals surface area contributed by atoms with E-state index in [0.717, 1.165) is 9.80 Å². The zero-order valence-corrected chi connectivity index (χ0v) is 11.6. The van der Waals surface area contributed by atoms with Crippen molar-refractivity contribution in [3.8, 4) is 0 Å². The first-order valence-electron chi connectivity index (χ1n) is 5.86. The van der Waals surface area contributed by atoms with Gasteiger partial charge in [0.15, 0.2) is 0 Å². The number of hydrogen-bond donors (Lipinski definition) is 4. The molecule has 0 bridgehead atoms. The molecule has 0 aliphatic rings. The molecule has 0 amide bonds. The Morgan fingerprint density at radius 2 is 1.05 bits per heavy atom. The largest absolute Gasteiger partial charge is 0.481 e. The zero-order valence-electron chi connectivity index (χ0n) is 11.6. The minimum Gasteiger partial charge on any atom is -0.481 e. The van der Waals surface area contributed by atoms with Gasteiger partial charge in [0.1, 0.15) is 12.1 Å². The minimum absolute atomic E-state index is 0.214. The van der Waals surface area contributed by atoms with Gasteiger partial charge in [0.05, 0.1) is 19.5 Å². The monoisotopic (exact) mass is 306 g/mol. The third-order valence-electron chi connectivity index (χ3n) is 2.82. The van der Waals surface area contributed by atoms with E-state index in [-0.39, 0.29) is 6.67 Å². The molecule has 4 N–H and O–H groups in total. The summed E-state index contributed by atoms with van der Waals surface area (Å²) in [6, 6.07) is -2.69. The van der Waals surface area contributed by atoms with E-state index in [1.165, 1.54) is 14.1 Å². The quantitative estimate of drug-likeness (QED) is 0.356. The molecule has 0 saturated heterocycles. The van der Waals surface area contributed by atoms with Gasteiger partial charge >= 0.3 is 23.9 Å². The van der Waals surface area contributed by atoms with Gasteiger partial charge in [-0.2, -0.15) is 0 Å². The molecule has 0 aliphatic carbocycles. The SMILES string of the molecule is CN(CN(C)C(CC(=O)O)C(=O)O)C(CC(=O)O)C(=O)O. The first kappa shape index (κ1) is 18.8. The topological polar surface area (TPSA) is 156 Å². The fourth-order valence-corrected chi connectivity index (χ4v) is 1.74. The fraction of sp³-hybridized carbons (Fsp3) is 0.636. The number of carbonyl (C=O) groups is 4. The molecule has 0 fully saturated rings. The smallest absolute Gasteiger partial charge is 0.321 e. The first-order valence-corrected chi connectivity index (χ1v) is 5.86. The third-order valence-corrected chi connectivity index (χ3v) is 2.82. The molecule has 0 saturated carbocycles. The van der Waals surface area contributed by atoms with Crippen molar-refractivity contribution in [2.45, 2.75) is 24.9 Å². The molecule has 0 spiro atoms. The zero-order chi connectivity index (χ0) is 16.7. The lowest BCUT2D eigenvalue weighted by Gasteiger charge is -2.31.